The predicted molar refractivity (Wildman–Crippen MR) is 87.8 cm³/mol. The minimum atomic E-state index is 0.710. The zero-order valence-corrected chi connectivity index (χ0v) is 13.7. The van der Waals surface area contributed by atoms with Gasteiger partial charge in [0.05, 0.1) is 5.69 Å². The van der Waals surface area contributed by atoms with Gasteiger partial charge in [-0.3, -0.25) is 0 Å². The van der Waals surface area contributed by atoms with Gasteiger partial charge >= 0.3 is 0 Å². The average molecular weight is 286 g/mol. The Morgan fingerprint density at radius 3 is 2.25 bits per heavy atom. The van der Waals surface area contributed by atoms with Crippen LogP contribution in [0.25, 0.3) is 11.3 Å². The molecule has 0 saturated carbocycles. The minimum Gasteiger partial charge on any atom is -0.343 e. The lowest BCUT2D eigenvalue weighted by Crippen LogP contribution is -2.02. The summed E-state index contributed by atoms with van der Waals surface area (Å²) in [6, 6.07) is 4.44. The highest BCUT2D eigenvalue weighted by molar-refractivity contribution is 7.71. The molecular weight excluding hydrogens is 264 g/mol. The number of H-pyrrole nitrogens is 1. The molecule has 0 fully saturated rings. The van der Waals surface area contributed by atoms with Crippen LogP contribution in [0.1, 0.15) is 41.4 Å². The highest BCUT2D eigenvalue weighted by atomic mass is 32.1. The van der Waals surface area contributed by atoms with Crippen LogP contribution in [0.5, 0.6) is 0 Å². The van der Waals surface area contributed by atoms with Gasteiger partial charge in [0, 0.05) is 17.5 Å². The third kappa shape index (κ3) is 2.83. The Labute approximate surface area is 126 Å². The van der Waals surface area contributed by atoms with E-state index in [0.29, 0.717) is 4.64 Å². The van der Waals surface area contributed by atoms with Crippen molar-refractivity contribution in [2.75, 3.05) is 0 Å². The Morgan fingerprint density at radius 2 is 1.70 bits per heavy atom. The van der Waals surface area contributed by atoms with Crippen molar-refractivity contribution in [3.05, 3.63) is 44.9 Å². The van der Waals surface area contributed by atoms with E-state index in [9.17, 15) is 0 Å². The Bertz CT molecular complexity index is 676. The molecule has 1 aromatic heterocycles. The molecule has 0 atom stereocenters. The van der Waals surface area contributed by atoms with Crippen LogP contribution in [0, 0.1) is 32.3 Å². The van der Waals surface area contributed by atoms with Gasteiger partial charge < -0.3 is 4.98 Å². The molecule has 3 heteroatoms. The van der Waals surface area contributed by atoms with Crippen molar-refractivity contribution >= 4 is 12.2 Å². The first-order valence-electron chi connectivity index (χ1n) is 7.12. The van der Waals surface area contributed by atoms with Gasteiger partial charge in [0.25, 0.3) is 0 Å². The van der Waals surface area contributed by atoms with E-state index in [4.69, 9.17) is 12.2 Å². The van der Waals surface area contributed by atoms with E-state index in [1.54, 1.807) is 0 Å². The zero-order valence-electron chi connectivity index (χ0n) is 12.9. The monoisotopic (exact) mass is 286 g/mol. The van der Waals surface area contributed by atoms with E-state index < -0.39 is 0 Å². The van der Waals surface area contributed by atoms with Crippen LogP contribution in [-0.4, -0.2) is 9.97 Å². The molecule has 0 aliphatic carbocycles. The molecule has 0 aliphatic rings. The second-order valence-corrected chi connectivity index (χ2v) is 5.90. The highest BCUT2D eigenvalue weighted by Crippen LogP contribution is 2.29. The van der Waals surface area contributed by atoms with E-state index in [0.717, 1.165) is 29.9 Å². The van der Waals surface area contributed by atoms with Gasteiger partial charge in [-0.25, -0.2) is 4.98 Å². The fourth-order valence-corrected chi connectivity index (χ4v) is 2.97. The summed E-state index contributed by atoms with van der Waals surface area (Å²) in [6.07, 6.45) is 1.99. The average Bonchev–Trinajstić information content (AvgIpc) is 2.34. The topological polar surface area (TPSA) is 28.7 Å². The fraction of sp³-hybridized carbons (Fsp3) is 0.412. The zero-order chi connectivity index (χ0) is 14.9. The number of hydrogen-bond donors (Lipinski definition) is 1. The third-order valence-corrected chi connectivity index (χ3v) is 4.01. The molecular formula is C17H22N2S. The Kier molecular flexibility index (Phi) is 4.39. The number of hydrogen-bond acceptors (Lipinski definition) is 2. The molecule has 0 amide bonds. The van der Waals surface area contributed by atoms with Crippen LogP contribution in [0.2, 0.25) is 0 Å². The first-order valence-corrected chi connectivity index (χ1v) is 7.52. The molecule has 0 radical (unpaired) electrons. The number of nitrogens with zero attached hydrogens (tertiary/aromatic N) is 1. The summed E-state index contributed by atoms with van der Waals surface area (Å²) in [6.45, 7) is 10.7. The van der Waals surface area contributed by atoms with Gasteiger partial charge in [-0.1, -0.05) is 36.8 Å². The quantitative estimate of drug-likeness (QED) is 0.805. The molecule has 2 rings (SSSR count). The molecule has 20 heavy (non-hydrogen) atoms. The molecule has 1 N–H and O–H groups in total. The Hall–Kier alpha value is -1.48. The van der Waals surface area contributed by atoms with Gasteiger partial charge in [-0.15, -0.1) is 0 Å². The molecule has 0 bridgehead atoms. The lowest BCUT2D eigenvalue weighted by atomic mass is 9.95. The SMILES string of the molecule is CCCc1nc(=S)c(C)c(-c2c(C)cc(C)cc2C)[nH]1. The summed E-state index contributed by atoms with van der Waals surface area (Å²) in [7, 11) is 0. The van der Waals surface area contributed by atoms with E-state index in [2.05, 4.69) is 56.7 Å². The summed E-state index contributed by atoms with van der Waals surface area (Å²) < 4.78 is 0.710. The molecule has 1 heterocycles. The summed E-state index contributed by atoms with van der Waals surface area (Å²) in [5.41, 5.74) is 7.31. The van der Waals surface area contributed by atoms with Crippen molar-refractivity contribution in [1.29, 1.82) is 0 Å². The van der Waals surface area contributed by atoms with E-state index in [1.807, 2.05) is 0 Å². The maximum atomic E-state index is 5.42. The van der Waals surface area contributed by atoms with Crippen molar-refractivity contribution in [3.8, 4) is 11.3 Å². The Morgan fingerprint density at radius 1 is 1.10 bits per heavy atom. The van der Waals surface area contributed by atoms with Crippen molar-refractivity contribution < 1.29 is 0 Å². The van der Waals surface area contributed by atoms with Crippen LogP contribution in [0.15, 0.2) is 12.1 Å². The van der Waals surface area contributed by atoms with Gasteiger partial charge in [0.15, 0.2) is 0 Å². The molecule has 0 saturated heterocycles. The van der Waals surface area contributed by atoms with Crippen LogP contribution in [0.4, 0.5) is 0 Å². The second kappa shape index (κ2) is 5.88. The molecule has 106 valence electrons. The number of aryl methyl sites for hydroxylation is 4. The van der Waals surface area contributed by atoms with Crippen molar-refractivity contribution in [2.24, 2.45) is 0 Å². The van der Waals surface area contributed by atoms with Crippen LogP contribution < -0.4 is 0 Å². The smallest absolute Gasteiger partial charge is 0.133 e. The fourth-order valence-electron chi connectivity index (χ4n) is 2.76. The minimum absolute atomic E-state index is 0.710. The summed E-state index contributed by atoms with van der Waals surface area (Å²) in [5, 5.41) is 0. The number of rotatable bonds is 3. The number of aromatic amines is 1. The predicted octanol–water partition coefficient (Wildman–Crippen LogP) is 4.99. The lowest BCUT2D eigenvalue weighted by molar-refractivity contribution is 0.829. The normalized spacial score (nSPS) is 10.8. The molecule has 1 aromatic carbocycles. The molecule has 2 nitrogen and oxygen atoms in total. The van der Waals surface area contributed by atoms with Crippen LogP contribution in [-0.2, 0) is 6.42 Å². The third-order valence-electron chi connectivity index (χ3n) is 3.62. The van der Waals surface area contributed by atoms with Crippen molar-refractivity contribution in [1.82, 2.24) is 9.97 Å². The standard InChI is InChI=1S/C17H22N2S/c1-6-7-14-18-16(13(5)17(20)19-14)15-11(3)8-10(2)9-12(15)4/h8-9H,6-7H2,1-5H3,(H,18,19,20). The molecule has 2 aromatic rings. The number of nitrogens with one attached hydrogen (secondary N) is 1. The number of aromatic nitrogens is 2. The van der Waals surface area contributed by atoms with Gasteiger partial charge in [0.2, 0.25) is 0 Å². The van der Waals surface area contributed by atoms with Gasteiger partial charge in [-0.2, -0.15) is 0 Å². The van der Waals surface area contributed by atoms with E-state index in [-0.39, 0.29) is 0 Å². The van der Waals surface area contributed by atoms with E-state index in [1.165, 1.54) is 22.3 Å². The Balaban J connectivity index is 2.72. The highest BCUT2D eigenvalue weighted by Gasteiger charge is 2.12. The molecule has 0 unspecified atom stereocenters. The first kappa shape index (κ1) is 14.9. The summed E-state index contributed by atoms with van der Waals surface area (Å²) in [5.74, 6) is 0.984. The lowest BCUT2D eigenvalue weighted by Gasteiger charge is -2.15. The molecule has 0 aliphatic heterocycles. The van der Waals surface area contributed by atoms with Crippen molar-refractivity contribution in [2.45, 2.75) is 47.5 Å². The maximum absolute atomic E-state index is 5.42. The summed E-state index contributed by atoms with van der Waals surface area (Å²) >= 11 is 5.42. The van der Waals surface area contributed by atoms with E-state index >= 15 is 0 Å². The summed E-state index contributed by atoms with van der Waals surface area (Å²) in [4.78, 5) is 7.98. The number of benzene rings is 1. The second-order valence-electron chi connectivity index (χ2n) is 5.51. The first-order chi connectivity index (χ1) is 9.43. The van der Waals surface area contributed by atoms with Gasteiger partial charge in [-0.05, 0) is 45.2 Å². The van der Waals surface area contributed by atoms with Crippen LogP contribution >= 0.6 is 12.2 Å². The maximum Gasteiger partial charge on any atom is 0.133 e. The van der Waals surface area contributed by atoms with Crippen molar-refractivity contribution in [3.63, 3.8) is 0 Å². The van der Waals surface area contributed by atoms with Gasteiger partial charge in [0.1, 0.15) is 10.5 Å². The molecule has 0 spiro atoms. The largest absolute Gasteiger partial charge is 0.343 e. The van der Waals surface area contributed by atoms with Crippen LogP contribution in [0.3, 0.4) is 0 Å².